The van der Waals surface area contributed by atoms with E-state index in [4.69, 9.17) is 0 Å². The van der Waals surface area contributed by atoms with E-state index in [0.717, 1.165) is 22.7 Å². The van der Waals surface area contributed by atoms with Crippen LogP contribution in [-0.4, -0.2) is 4.57 Å². The van der Waals surface area contributed by atoms with E-state index in [-0.39, 0.29) is 0 Å². The minimum absolute atomic E-state index is 0.532. The molecule has 0 amide bonds. The van der Waals surface area contributed by atoms with Gasteiger partial charge in [-0.1, -0.05) is 219 Å². The first-order valence-electron chi connectivity index (χ1n) is 25.6. The molecule has 0 aliphatic heterocycles. The lowest BCUT2D eigenvalue weighted by Crippen LogP contribution is -2.26. The van der Waals surface area contributed by atoms with Crippen LogP contribution >= 0.6 is 0 Å². The summed E-state index contributed by atoms with van der Waals surface area (Å²) < 4.78 is 2.41. The first-order valence-corrected chi connectivity index (χ1v) is 25.6. The van der Waals surface area contributed by atoms with Gasteiger partial charge in [-0.3, -0.25) is 0 Å². The minimum Gasteiger partial charge on any atom is -0.310 e. The fourth-order valence-electron chi connectivity index (χ4n) is 11.9. The van der Waals surface area contributed by atoms with Gasteiger partial charge in [0.2, 0.25) is 0 Å². The highest BCUT2D eigenvalue weighted by molar-refractivity contribution is 6.10. The third-order valence-corrected chi connectivity index (χ3v) is 15.1. The predicted molar refractivity (Wildman–Crippen MR) is 313 cm³/mol. The molecule has 1 spiro atoms. The molecule has 2 aliphatic rings. The van der Waals surface area contributed by atoms with Crippen molar-refractivity contribution in [3.8, 4) is 61.3 Å². The van der Waals surface area contributed by atoms with Crippen molar-refractivity contribution in [3.05, 3.63) is 314 Å². The number of allylic oxidation sites excluding steroid dienone is 3. The molecule has 0 radical (unpaired) electrons. The molecule has 0 atom stereocenters. The Kier molecular flexibility index (Phi) is 11.2. The molecule has 14 rings (SSSR count). The summed E-state index contributed by atoms with van der Waals surface area (Å²) in [6, 6.07) is 98.5. The van der Waals surface area contributed by atoms with Gasteiger partial charge in [-0.2, -0.15) is 0 Å². The Morgan fingerprint density at radius 3 is 1.42 bits per heavy atom. The Bertz CT molecular complexity index is 4020. The number of nitrogens with zero attached hydrogens (tertiary/aromatic N) is 2. The van der Waals surface area contributed by atoms with E-state index in [9.17, 15) is 0 Å². The molecule has 0 saturated carbocycles. The molecule has 0 fully saturated rings. The van der Waals surface area contributed by atoms with Crippen molar-refractivity contribution in [2.45, 2.75) is 12.3 Å². The van der Waals surface area contributed by atoms with Crippen LogP contribution < -0.4 is 4.90 Å². The molecule has 350 valence electrons. The highest BCUT2D eigenvalue weighted by Gasteiger charge is 2.52. The summed E-state index contributed by atoms with van der Waals surface area (Å²) >= 11 is 0. The van der Waals surface area contributed by atoms with Gasteiger partial charge in [-0.25, -0.2) is 0 Å². The third-order valence-electron chi connectivity index (χ3n) is 15.1. The molecule has 0 N–H and O–H groups in total. The van der Waals surface area contributed by atoms with Crippen LogP contribution in [0, 0.1) is 0 Å². The summed E-state index contributed by atoms with van der Waals surface area (Å²) in [6.45, 7) is 5.42. The molecule has 0 bridgehead atoms. The van der Waals surface area contributed by atoms with Gasteiger partial charge >= 0.3 is 0 Å². The zero-order chi connectivity index (χ0) is 49.6. The molecule has 12 aromatic rings. The minimum atomic E-state index is -0.532. The molecule has 11 aromatic carbocycles. The average molecular weight is 945 g/mol. The SMILES string of the molecule is C=C/C=C\C.c1ccc(-c2ccc(N(c3ccccc3)c3ccc4c(c3)C3(c5ccccc5-c5ccccc53)c3cc(-c5ccc6c(c5)c5ccccc5n6-c5ccc(-c6ccccc6)cc5)ccc3-4)cc2)cc1. The van der Waals surface area contributed by atoms with Gasteiger partial charge in [-0.05, 0) is 158 Å². The summed E-state index contributed by atoms with van der Waals surface area (Å²) in [5.41, 5.74) is 24.1. The van der Waals surface area contributed by atoms with E-state index in [0.29, 0.717) is 0 Å². The lowest BCUT2D eigenvalue weighted by Gasteiger charge is -2.32. The van der Waals surface area contributed by atoms with Crippen LogP contribution in [0.2, 0.25) is 0 Å². The molecular formula is C72H52N2. The Balaban J connectivity index is 0.00000101. The topological polar surface area (TPSA) is 8.17 Å². The zero-order valence-corrected chi connectivity index (χ0v) is 41.2. The van der Waals surface area contributed by atoms with E-state index in [1.54, 1.807) is 6.08 Å². The van der Waals surface area contributed by atoms with Crippen molar-refractivity contribution in [2.75, 3.05) is 4.90 Å². The maximum atomic E-state index is 3.46. The zero-order valence-electron chi connectivity index (χ0n) is 41.2. The Morgan fingerprint density at radius 2 is 0.797 bits per heavy atom. The maximum absolute atomic E-state index is 3.46. The van der Waals surface area contributed by atoms with Gasteiger partial charge in [0.15, 0.2) is 0 Å². The molecule has 1 aromatic heterocycles. The highest BCUT2D eigenvalue weighted by atomic mass is 15.1. The van der Waals surface area contributed by atoms with Crippen LogP contribution in [0.4, 0.5) is 17.1 Å². The number of rotatable bonds is 8. The molecule has 2 nitrogen and oxygen atoms in total. The second kappa shape index (κ2) is 18.6. The number of hydrogen-bond donors (Lipinski definition) is 0. The van der Waals surface area contributed by atoms with E-state index in [2.05, 4.69) is 283 Å². The first-order chi connectivity index (χ1) is 36.6. The van der Waals surface area contributed by atoms with Gasteiger partial charge in [-0.15, -0.1) is 0 Å². The Morgan fingerprint density at radius 1 is 0.351 bits per heavy atom. The van der Waals surface area contributed by atoms with E-state index in [1.165, 1.54) is 99.7 Å². The van der Waals surface area contributed by atoms with E-state index < -0.39 is 5.41 Å². The number of fused-ring (bicyclic) bond motifs is 13. The summed E-state index contributed by atoms with van der Waals surface area (Å²) in [4.78, 5) is 2.41. The number of hydrogen-bond acceptors (Lipinski definition) is 1. The van der Waals surface area contributed by atoms with Crippen LogP contribution in [0.25, 0.3) is 83.1 Å². The van der Waals surface area contributed by atoms with Crippen molar-refractivity contribution in [1.29, 1.82) is 0 Å². The average Bonchev–Trinajstić information content (AvgIpc) is 4.24. The van der Waals surface area contributed by atoms with E-state index >= 15 is 0 Å². The van der Waals surface area contributed by atoms with Gasteiger partial charge < -0.3 is 9.47 Å². The lowest BCUT2D eigenvalue weighted by atomic mass is 9.70. The summed E-state index contributed by atoms with van der Waals surface area (Å²) in [5.74, 6) is 0. The van der Waals surface area contributed by atoms with Gasteiger partial charge in [0, 0.05) is 33.5 Å². The van der Waals surface area contributed by atoms with Crippen molar-refractivity contribution in [2.24, 2.45) is 0 Å². The molecule has 2 aliphatic carbocycles. The van der Waals surface area contributed by atoms with Crippen molar-refractivity contribution in [3.63, 3.8) is 0 Å². The number of para-hydroxylation sites is 2. The van der Waals surface area contributed by atoms with Crippen LogP contribution in [0.5, 0.6) is 0 Å². The Hall–Kier alpha value is -9.50. The van der Waals surface area contributed by atoms with Gasteiger partial charge in [0.05, 0.1) is 16.4 Å². The fraction of sp³-hybridized carbons (Fsp3) is 0.0278. The van der Waals surface area contributed by atoms with Crippen molar-refractivity contribution < 1.29 is 0 Å². The lowest BCUT2D eigenvalue weighted by molar-refractivity contribution is 0.794. The largest absolute Gasteiger partial charge is 0.310 e. The number of aromatic nitrogens is 1. The standard InChI is InChI=1S/C67H44N2.C5H8/c1-4-16-45(17-5-1)47-28-34-52(35-29-47)68(51-20-8-3-9-21-51)54-38-40-58-57-39-32-50(43-63(57)67(64(58)44-54)61-25-13-10-22-55(61)56-23-11-14-26-62(56)67)49-33-41-66-60(42-49)59-24-12-15-27-65(59)69(66)53-36-30-48(31-37-53)46-18-6-2-7-19-46;1-3-5-4-2/h1-44H;3-5H,1H2,2H3/b;5-4-. The van der Waals surface area contributed by atoms with Crippen LogP contribution in [-0.2, 0) is 5.41 Å². The molecule has 74 heavy (non-hydrogen) atoms. The smallest absolute Gasteiger partial charge is 0.0726 e. The second-order valence-corrected chi connectivity index (χ2v) is 19.2. The monoisotopic (exact) mass is 944 g/mol. The molecule has 2 heteroatoms. The normalized spacial score (nSPS) is 12.5. The summed E-state index contributed by atoms with van der Waals surface area (Å²) in [7, 11) is 0. The molecule has 1 heterocycles. The van der Waals surface area contributed by atoms with Crippen LogP contribution in [0.3, 0.4) is 0 Å². The predicted octanol–water partition coefficient (Wildman–Crippen LogP) is 19.3. The molecule has 0 saturated heterocycles. The van der Waals surface area contributed by atoms with Gasteiger partial charge in [0.1, 0.15) is 0 Å². The molecule has 0 unspecified atom stereocenters. The Labute approximate surface area is 433 Å². The first kappa shape index (κ1) is 44.4. The number of benzene rings is 11. The van der Waals surface area contributed by atoms with E-state index in [1.807, 2.05) is 19.1 Å². The van der Waals surface area contributed by atoms with Gasteiger partial charge in [0.25, 0.3) is 0 Å². The highest BCUT2D eigenvalue weighted by Crippen LogP contribution is 2.64. The molecular weight excluding hydrogens is 893 g/mol. The quantitative estimate of drug-likeness (QED) is 0.138. The summed E-state index contributed by atoms with van der Waals surface area (Å²) in [6.07, 6.45) is 5.58. The maximum Gasteiger partial charge on any atom is 0.0726 e. The summed E-state index contributed by atoms with van der Waals surface area (Å²) in [5, 5.41) is 2.49. The van der Waals surface area contributed by atoms with Crippen molar-refractivity contribution in [1.82, 2.24) is 4.57 Å². The van der Waals surface area contributed by atoms with Crippen molar-refractivity contribution >= 4 is 38.9 Å². The fourth-order valence-corrected chi connectivity index (χ4v) is 11.9. The number of anilines is 3. The van der Waals surface area contributed by atoms with Crippen LogP contribution in [0.1, 0.15) is 29.2 Å². The van der Waals surface area contributed by atoms with Crippen LogP contribution in [0.15, 0.2) is 292 Å². The second-order valence-electron chi connectivity index (χ2n) is 19.2. The third kappa shape index (κ3) is 7.26.